The van der Waals surface area contributed by atoms with Crippen LogP contribution in [0.25, 0.3) is 0 Å². The molecule has 1 rings (SSSR count). The fraction of sp³-hybridized carbons (Fsp3) is 0.818. The fourth-order valence-electron chi connectivity index (χ4n) is 1.93. The molecule has 16 heavy (non-hydrogen) atoms. The van der Waals surface area contributed by atoms with Crippen molar-refractivity contribution in [3.8, 4) is 0 Å². The van der Waals surface area contributed by atoms with Crippen LogP contribution in [0.2, 0.25) is 0 Å². The number of ether oxygens (including phenoxy) is 1. The molecule has 0 atom stereocenters. The van der Waals surface area contributed by atoms with Crippen molar-refractivity contribution in [3.63, 3.8) is 0 Å². The second-order valence-electron chi connectivity index (χ2n) is 4.96. The van der Waals surface area contributed by atoms with E-state index in [0.717, 1.165) is 12.8 Å². The van der Waals surface area contributed by atoms with Crippen LogP contribution in [-0.4, -0.2) is 30.1 Å². The molecular formula is C11H20N2O3. The highest BCUT2D eigenvalue weighted by Crippen LogP contribution is 2.31. The molecule has 0 aliphatic heterocycles. The van der Waals surface area contributed by atoms with E-state index in [1.807, 2.05) is 0 Å². The molecule has 1 aliphatic carbocycles. The van der Waals surface area contributed by atoms with E-state index in [4.69, 9.17) is 10.5 Å². The monoisotopic (exact) mass is 228 g/mol. The summed E-state index contributed by atoms with van der Waals surface area (Å²) >= 11 is 0. The third-order valence-corrected chi connectivity index (χ3v) is 2.97. The van der Waals surface area contributed by atoms with E-state index in [9.17, 15) is 9.59 Å². The zero-order valence-corrected chi connectivity index (χ0v) is 10.1. The van der Waals surface area contributed by atoms with Gasteiger partial charge in [0, 0.05) is 0 Å². The van der Waals surface area contributed by atoms with Crippen LogP contribution in [0.3, 0.4) is 0 Å². The van der Waals surface area contributed by atoms with Crippen molar-refractivity contribution in [2.75, 3.05) is 7.11 Å². The Morgan fingerprint density at radius 3 is 2.19 bits per heavy atom. The van der Waals surface area contributed by atoms with Crippen LogP contribution >= 0.6 is 0 Å². The third kappa shape index (κ3) is 2.52. The molecule has 0 aromatic rings. The predicted molar refractivity (Wildman–Crippen MR) is 59.6 cm³/mol. The average Bonchev–Trinajstić information content (AvgIpc) is 2.65. The van der Waals surface area contributed by atoms with Crippen molar-refractivity contribution in [1.29, 1.82) is 0 Å². The van der Waals surface area contributed by atoms with Crippen LogP contribution in [0.5, 0.6) is 0 Å². The largest absolute Gasteiger partial charge is 0.467 e. The minimum Gasteiger partial charge on any atom is -0.467 e. The number of carbonyl (C=O) groups excluding carboxylic acids is 2. The highest BCUT2D eigenvalue weighted by molar-refractivity contribution is 5.92. The molecule has 0 aromatic heterocycles. The molecule has 1 saturated carbocycles. The molecule has 0 radical (unpaired) electrons. The number of hydrogen-bond acceptors (Lipinski definition) is 4. The van der Waals surface area contributed by atoms with Crippen molar-refractivity contribution in [1.82, 2.24) is 5.32 Å². The number of amides is 1. The Morgan fingerprint density at radius 1 is 1.31 bits per heavy atom. The van der Waals surface area contributed by atoms with E-state index in [2.05, 4.69) is 5.32 Å². The lowest BCUT2D eigenvalue weighted by atomic mass is 9.95. The van der Waals surface area contributed by atoms with Crippen LogP contribution in [-0.2, 0) is 14.3 Å². The molecule has 1 fully saturated rings. The summed E-state index contributed by atoms with van der Waals surface area (Å²) in [4.78, 5) is 23.5. The Morgan fingerprint density at radius 2 is 1.81 bits per heavy atom. The highest BCUT2D eigenvalue weighted by Gasteiger charge is 2.45. The number of esters is 1. The molecule has 92 valence electrons. The van der Waals surface area contributed by atoms with Gasteiger partial charge in [-0.2, -0.15) is 0 Å². The lowest BCUT2D eigenvalue weighted by molar-refractivity contribution is -0.151. The average molecular weight is 228 g/mol. The van der Waals surface area contributed by atoms with E-state index < -0.39 is 11.1 Å². The molecule has 1 amide bonds. The van der Waals surface area contributed by atoms with Gasteiger partial charge in [0.25, 0.3) is 0 Å². The Hall–Kier alpha value is -1.10. The molecule has 0 aromatic carbocycles. The van der Waals surface area contributed by atoms with Crippen molar-refractivity contribution < 1.29 is 14.3 Å². The molecule has 0 spiro atoms. The molecule has 0 saturated heterocycles. The van der Waals surface area contributed by atoms with Gasteiger partial charge < -0.3 is 15.8 Å². The lowest BCUT2D eigenvalue weighted by Crippen LogP contribution is -2.60. The Bertz CT molecular complexity index is 288. The van der Waals surface area contributed by atoms with Gasteiger partial charge in [-0.3, -0.25) is 4.79 Å². The standard InChI is InChI=1S/C11H20N2O3/c1-10(2,12)8(14)13-11(9(15)16-3)6-4-5-7-11/h4-7,12H2,1-3H3,(H,13,14). The minimum atomic E-state index is -0.983. The van der Waals surface area contributed by atoms with Gasteiger partial charge in [0.05, 0.1) is 12.6 Å². The summed E-state index contributed by atoms with van der Waals surface area (Å²) in [6.45, 7) is 3.23. The van der Waals surface area contributed by atoms with Crippen molar-refractivity contribution in [2.24, 2.45) is 5.73 Å². The van der Waals surface area contributed by atoms with Crippen molar-refractivity contribution in [2.45, 2.75) is 50.6 Å². The van der Waals surface area contributed by atoms with Gasteiger partial charge in [0.1, 0.15) is 5.54 Å². The second kappa shape index (κ2) is 4.41. The summed E-state index contributed by atoms with van der Waals surface area (Å²) < 4.78 is 4.76. The number of nitrogens with two attached hydrogens (primary N) is 1. The molecule has 0 bridgehead atoms. The molecular weight excluding hydrogens is 208 g/mol. The fourth-order valence-corrected chi connectivity index (χ4v) is 1.93. The summed E-state index contributed by atoms with van der Waals surface area (Å²) in [6.07, 6.45) is 3.09. The van der Waals surface area contributed by atoms with Gasteiger partial charge in [0.15, 0.2) is 0 Å². The molecule has 5 nitrogen and oxygen atoms in total. The Labute approximate surface area is 95.7 Å². The maximum absolute atomic E-state index is 11.8. The molecule has 3 N–H and O–H groups in total. The first-order valence-corrected chi connectivity index (χ1v) is 5.52. The Kier molecular flexibility index (Phi) is 3.57. The summed E-state index contributed by atoms with van der Waals surface area (Å²) in [6, 6.07) is 0. The van der Waals surface area contributed by atoms with Crippen LogP contribution in [0.1, 0.15) is 39.5 Å². The van der Waals surface area contributed by atoms with Gasteiger partial charge in [0.2, 0.25) is 5.91 Å². The molecule has 5 heteroatoms. The first kappa shape index (κ1) is 13.0. The Balaban J connectivity index is 2.81. The van der Waals surface area contributed by atoms with Gasteiger partial charge in [-0.05, 0) is 26.7 Å². The first-order chi connectivity index (χ1) is 7.32. The minimum absolute atomic E-state index is 0.320. The normalized spacial score (nSPS) is 19.2. The molecule has 1 aliphatic rings. The highest BCUT2D eigenvalue weighted by atomic mass is 16.5. The summed E-state index contributed by atoms with van der Waals surface area (Å²) in [7, 11) is 1.34. The van der Waals surface area contributed by atoms with E-state index in [1.54, 1.807) is 13.8 Å². The van der Waals surface area contributed by atoms with E-state index in [-0.39, 0.29) is 11.9 Å². The van der Waals surface area contributed by atoms with E-state index in [1.165, 1.54) is 7.11 Å². The van der Waals surface area contributed by atoms with Gasteiger partial charge in [-0.1, -0.05) is 12.8 Å². The zero-order valence-electron chi connectivity index (χ0n) is 10.1. The maximum atomic E-state index is 11.8. The van der Waals surface area contributed by atoms with Gasteiger partial charge in [-0.15, -0.1) is 0 Å². The quantitative estimate of drug-likeness (QED) is 0.682. The van der Waals surface area contributed by atoms with Gasteiger partial charge in [-0.25, -0.2) is 4.79 Å². The SMILES string of the molecule is COC(=O)C1(NC(=O)C(C)(C)N)CCCC1. The smallest absolute Gasteiger partial charge is 0.331 e. The van der Waals surface area contributed by atoms with Crippen molar-refractivity contribution >= 4 is 11.9 Å². The van der Waals surface area contributed by atoms with Crippen LogP contribution in [0.15, 0.2) is 0 Å². The predicted octanol–water partition coefficient (Wildman–Crippen LogP) is 0.326. The number of nitrogens with one attached hydrogen (secondary N) is 1. The summed E-state index contributed by atoms with van der Waals surface area (Å²) in [5, 5.41) is 2.74. The topological polar surface area (TPSA) is 81.4 Å². The zero-order chi connectivity index (χ0) is 12.4. The van der Waals surface area contributed by atoms with Crippen LogP contribution in [0, 0.1) is 0 Å². The van der Waals surface area contributed by atoms with E-state index >= 15 is 0 Å². The summed E-state index contributed by atoms with van der Waals surface area (Å²) in [5.41, 5.74) is 3.85. The molecule has 0 unspecified atom stereocenters. The first-order valence-electron chi connectivity index (χ1n) is 5.52. The second-order valence-corrected chi connectivity index (χ2v) is 4.96. The number of hydrogen-bond donors (Lipinski definition) is 2. The van der Waals surface area contributed by atoms with Crippen LogP contribution in [0.4, 0.5) is 0 Å². The number of rotatable bonds is 3. The summed E-state index contributed by atoms with van der Waals surface area (Å²) in [5.74, 6) is -0.692. The number of carbonyl (C=O) groups is 2. The van der Waals surface area contributed by atoms with Gasteiger partial charge >= 0.3 is 5.97 Å². The van der Waals surface area contributed by atoms with Crippen molar-refractivity contribution in [3.05, 3.63) is 0 Å². The lowest BCUT2D eigenvalue weighted by Gasteiger charge is -2.30. The third-order valence-electron chi connectivity index (χ3n) is 2.97. The van der Waals surface area contributed by atoms with E-state index in [0.29, 0.717) is 12.8 Å². The maximum Gasteiger partial charge on any atom is 0.331 e. The van der Waals surface area contributed by atoms with Crippen LogP contribution < -0.4 is 11.1 Å². The molecule has 0 heterocycles. The number of methoxy groups -OCH3 is 1.